The summed E-state index contributed by atoms with van der Waals surface area (Å²) in [6.07, 6.45) is 3.03. The van der Waals surface area contributed by atoms with E-state index in [1.165, 1.54) is 13.0 Å². The first kappa shape index (κ1) is 8.40. The van der Waals surface area contributed by atoms with Gasteiger partial charge in [-0.25, -0.2) is 9.37 Å². The summed E-state index contributed by atoms with van der Waals surface area (Å²) in [7, 11) is 0. The van der Waals surface area contributed by atoms with E-state index in [4.69, 9.17) is 0 Å². The molecule has 0 aliphatic carbocycles. The van der Waals surface area contributed by atoms with Crippen molar-refractivity contribution in [2.45, 2.75) is 6.92 Å². The average Bonchev–Trinajstić information content (AvgIpc) is 1.93. The lowest BCUT2D eigenvalue weighted by Gasteiger charge is -1.91. The maximum absolute atomic E-state index is 12.3. The molecule has 1 aromatic rings. The molecule has 11 heavy (non-hydrogen) atoms. The van der Waals surface area contributed by atoms with Gasteiger partial charge in [-0.3, -0.25) is 0 Å². The maximum Gasteiger partial charge on any atom is 0.106 e. The van der Waals surface area contributed by atoms with Crippen molar-refractivity contribution in [1.82, 2.24) is 4.98 Å². The van der Waals surface area contributed by atoms with Gasteiger partial charge in [-0.2, -0.15) is 0 Å². The fourth-order valence-electron chi connectivity index (χ4n) is 0.702. The van der Waals surface area contributed by atoms with Crippen molar-refractivity contribution < 1.29 is 4.39 Å². The highest BCUT2D eigenvalue weighted by Gasteiger charge is 1.89. The molecule has 0 aliphatic rings. The molecule has 0 aliphatic heterocycles. The first-order chi connectivity index (χ1) is 5.18. The second-order valence-corrected chi connectivity index (χ2v) is 2.96. The van der Waals surface area contributed by atoms with Crippen molar-refractivity contribution >= 4 is 22.0 Å². The summed E-state index contributed by atoms with van der Waals surface area (Å²) in [5.74, 6) is -0.214. The Hall–Kier alpha value is -0.700. The zero-order valence-electron chi connectivity index (χ0n) is 6.01. The van der Waals surface area contributed by atoms with E-state index in [1.807, 2.05) is 0 Å². The minimum Gasteiger partial charge on any atom is -0.249 e. The molecular weight excluding hydrogens is 209 g/mol. The van der Waals surface area contributed by atoms with Gasteiger partial charge in [0, 0.05) is 6.20 Å². The van der Waals surface area contributed by atoms with Crippen molar-refractivity contribution in [3.8, 4) is 0 Å². The summed E-state index contributed by atoms with van der Waals surface area (Å²) in [5.41, 5.74) is 0.771. The van der Waals surface area contributed by atoms with Crippen molar-refractivity contribution in [3.63, 3.8) is 0 Å². The molecule has 3 heteroatoms. The predicted octanol–water partition coefficient (Wildman–Crippen LogP) is 3.17. The van der Waals surface area contributed by atoms with Crippen LogP contribution in [0, 0.1) is 0 Å². The van der Waals surface area contributed by atoms with Gasteiger partial charge < -0.3 is 0 Å². The van der Waals surface area contributed by atoms with E-state index >= 15 is 0 Å². The molecule has 0 unspecified atom stereocenters. The molecule has 0 spiro atoms. The van der Waals surface area contributed by atoms with Crippen LogP contribution in [0.3, 0.4) is 0 Å². The van der Waals surface area contributed by atoms with E-state index in [-0.39, 0.29) is 5.83 Å². The highest BCUT2D eigenvalue weighted by molar-refractivity contribution is 9.10. The van der Waals surface area contributed by atoms with E-state index in [0.717, 1.165) is 10.2 Å². The molecule has 58 valence electrons. The number of nitrogens with zero attached hydrogens (tertiary/aromatic N) is 1. The third-order valence-electron chi connectivity index (χ3n) is 1.12. The Morgan fingerprint density at radius 3 is 2.82 bits per heavy atom. The summed E-state index contributed by atoms with van der Waals surface area (Å²) >= 11 is 3.19. The Morgan fingerprint density at radius 1 is 1.64 bits per heavy atom. The second-order valence-electron chi connectivity index (χ2n) is 2.15. The van der Waals surface area contributed by atoms with Crippen LogP contribution < -0.4 is 0 Å². The highest BCUT2D eigenvalue weighted by Crippen LogP contribution is 2.09. The first-order valence-electron chi connectivity index (χ1n) is 3.14. The molecular formula is C8H7BrFN. The molecule has 0 N–H and O–H groups in total. The van der Waals surface area contributed by atoms with Crippen LogP contribution in [0.5, 0.6) is 0 Å². The van der Waals surface area contributed by atoms with E-state index in [9.17, 15) is 4.39 Å². The molecule has 1 rings (SSSR count). The minimum atomic E-state index is -0.214. The topological polar surface area (TPSA) is 12.9 Å². The smallest absolute Gasteiger partial charge is 0.106 e. The number of rotatable bonds is 1. The zero-order chi connectivity index (χ0) is 8.27. The molecule has 1 nitrogen and oxygen atoms in total. The quantitative estimate of drug-likeness (QED) is 0.657. The fraction of sp³-hybridized carbons (Fsp3) is 0.125. The number of hydrogen-bond acceptors (Lipinski definition) is 1. The number of halogens is 2. The Bertz CT molecular complexity index is 262. The molecule has 1 heterocycles. The Balaban J connectivity index is 2.91. The summed E-state index contributed by atoms with van der Waals surface area (Å²) in [5, 5.41) is 0. The van der Waals surface area contributed by atoms with Gasteiger partial charge in [0.05, 0.1) is 5.83 Å². The number of hydrogen-bond donors (Lipinski definition) is 0. The molecule has 0 aromatic carbocycles. The SMILES string of the molecule is C/C(F)=C/c1ccc(Br)nc1. The summed E-state index contributed by atoms with van der Waals surface area (Å²) in [4.78, 5) is 3.94. The molecule has 0 bridgehead atoms. The van der Waals surface area contributed by atoms with Gasteiger partial charge in [0.2, 0.25) is 0 Å². The number of allylic oxidation sites excluding steroid dienone is 1. The van der Waals surface area contributed by atoms with Gasteiger partial charge in [0.15, 0.2) is 0 Å². The lowest BCUT2D eigenvalue weighted by Crippen LogP contribution is -1.76. The van der Waals surface area contributed by atoms with Crippen LogP contribution in [-0.2, 0) is 0 Å². The van der Waals surface area contributed by atoms with Crippen LogP contribution >= 0.6 is 15.9 Å². The van der Waals surface area contributed by atoms with Gasteiger partial charge in [-0.05, 0) is 40.6 Å². The van der Waals surface area contributed by atoms with Gasteiger partial charge in [0.25, 0.3) is 0 Å². The second kappa shape index (κ2) is 3.62. The van der Waals surface area contributed by atoms with E-state index in [2.05, 4.69) is 20.9 Å². The number of aromatic nitrogens is 1. The van der Waals surface area contributed by atoms with Crippen LogP contribution in [0.25, 0.3) is 6.08 Å². The Kier molecular flexibility index (Phi) is 2.76. The Labute approximate surface area is 73.1 Å². The first-order valence-corrected chi connectivity index (χ1v) is 3.93. The summed E-state index contributed by atoms with van der Waals surface area (Å²) in [6, 6.07) is 3.56. The monoisotopic (exact) mass is 215 g/mol. The molecule has 0 saturated carbocycles. The Morgan fingerprint density at radius 2 is 2.36 bits per heavy atom. The normalized spacial score (nSPS) is 11.7. The van der Waals surface area contributed by atoms with Crippen LogP contribution in [0.15, 0.2) is 28.8 Å². The van der Waals surface area contributed by atoms with Gasteiger partial charge in [-0.15, -0.1) is 0 Å². The summed E-state index contributed by atoms with van der Waals surface area (Å²) < 4.78 is 13.1. The van der Waals surface area contributed by atoms with Crippen molar-refractivity contribution in [3.05, 3.63) is 34.3 Å². The van der Waals surface area contributed by atoms with Gasteiger partial charge in [-0.1, -0.05) is 6.07 Å². The van der Waals surface area contributed by atoms with Gasteiger partial charge in [0.1, 0.15) is 4.60 Å². The zero-order valence-corrected chi connectivity index (χ0v) is 7.60. The maximum atomic E-state index is 12.3. The summed E-state index contributed by atoms with van der Waals surface area (Å²) in [6.45, 7) is 1.40. The lowest BCUT2D eigenvalue weighted by atomic mass is 10.2. The molecule has 0 radical (unpaired) electrons. The lowest BCUT2D eigenvalue weighted by molar-refractivity contribution is 0.648. The van der Waals surface area contributed by atoms with Crippen LogP contribution in [0.1, 0.15) is 12.5 Å². The van der Waals surface area contributed by atoms with Crippen LogP contribution in [0.2, 0.25) is 0 Å². The third kappa shape index (κ3) is 2.80. The standard InChI is InChI=1S/C8H7BrFN/c1-6(10)4-7-2-3-8(9)11-5-7/h2-5H,1H3/b6-4-. The predicted molar refractivity (Wildman–Crippen MR) is 46.7 cm³/mol. The largest absolute Gasteiger partial charge is 0.249 e. The fourth-order valence-corrected chi connectivity index (χ4v) is 0.937. The highest BCUT2D eigenvalue weighted by atomic mass is 79.9. The molecule has 1 aromatic heterocycles. The van der Waals surface area contributed by atoms with E-state index in [1.54, 1.807) is 18.3 Å². The van der Waals surface area contributed by atoms with Gasteiger partial charge >= 0.3 is 0 Å². The molecule has 0 amide bonds. The third-order valence-corrected chi connectivity index (χ3v) is 1.58. The average molecular weight is 216 g/mol. The van der Waals surface area contributed by atoms with Crippen molar-refractivity contribution in [1.29, 1.82) is 0 Å². The van der Waals surface area contributed by atoms with E-state index in [0.29, 0.717) is 0 Å². The molecule has 0 fully saturated rings. The van der Waals surface area contributed by atoms with Crippen LogP contribution in [-0.4, -0.2) is 4.98 Å². The van der Waals surface area contributed by atoms with Crippen LogP contribution in [0.4, 0.5) is 4.39 Å². The van der Waals surface area contributed by atoms with E-state index < -0.39 is 0 Å². The van der Waals surface area contributed by atoms with Crippen molar-refractivity contribution in [2.75, 3.05) is 0 Å². The van der Waals surface area contributed by atoms with Crippen molar-refractivity contribution in [2.24, 2.45) is 0 Å². The molecule has 0 atom stereocenters. The molecule has 0 saturated heterocycles. The minimum absolute atomic E-state index is 0.214. The number of pyridine rings is 1.